The second-order valence-corrected chi connectivity index (χ2v) is 6.23. The molecule has 2 heterocycles. The Bertz CT molecular complexity index is 585. The minimum absolute atomic E-state index is 0. The summed E-state index contributed by atoms with van der Waals surface area (Å²) >= 11 is 1.39. The fourth-order valence-corrected chi connectivity index (χ4v) is 2.74. The van der Waals surface area contributed by atoms with Crippen LogP contribution in [-0.2, 0) is 0 Å². The van der Waals surface area contributed by atoms with E-state index < -0.39 is 0 Å². The number of tetrazole rings is 1. The maximum absolute atomic E-state index is 12.5. The third-order valence-corrected chi connectivity index (χ3v) is 4.33. The molecule has 2 N–H and O–H groups in total. The molecule has 7 nitrogen and oxygen atoms in total. The molecule has 2 aromatic rings. The van der Waals surface area contributed by atoms with Gasteiger partial charge in [0.1, 0.15) is 11.2 Å². The van der Waals surface area contributed by atoms with Crippen LogP contribution in [0.5, 0.6) is 0 Å². The van der Waals surface area contributed by atoms with E-state index in [1.807, 2.05) is 11.4 Å². The third-order valence-electron chi connectivity index (χ3n) is 3.44. The molecule has 122 valence electrons. The predicted octanol–water partition coefficient (Wildman–Crippen LogP) is 1.59. The van der Waals surface area contributed by atoms with Crippen molar-refractivity contribution in [2.45, 2.75) is 26.3 Å². The Hall–Kier alpha value is -1.51. The fraction of sp³-hybridized carbons (Fsp3) is 0.538. The largest absolute Gasteiger partial charge is 0.341 e. The first-order valence-electron chi connectivity index (χ1n) is 6.82. The van der Waals surface area contributed by atoms with Gasteiger partial charge in [-0.05, 0) is 34.2 Å². The summed E-state index contributed by atoms with van der Waals surface area (Å²) in [5.74, 6) is 0.374. The Morgan fingerprint density at radius 3 is 2.82 bits per heavy atom. The highest BCUT2D eigenvalue weighted by Crippen LogP contribution is 2.21. The number of carbonyl (C=O) groups is 1. The van der Waals surface area contributed by atoms with Crippen LogP contribution in [-0.4, -0.2) is 50.6 Å². The van der Waals surface area contributed by atoms with Crippen molar-refractivity contribution in [2.75, 3.05) is 13.6 Å². The molecule has 0 bridgehead atoms. The lowest BCUT2D eigenvalue weighted by molar-refractivity contribution is 0.0794. The van der Waals surface area contributed by atoms with Gasteiger partial charge in [-0.2, -0.15) is 4.68 Å². The number of rotatable bonds is 6. The minimum atomic E-state index is -0.0357. The first-order chi connectivity index (χ1) is 10.0. The van der Waals surface area contributed by atoms with E-state index in [4.69, 9.17) is 5.73 Å². The van der Waals surface area contributed by atoms with E-state index in [1.54, 1.807) is 11.9 Å². The van der Waals surface area contributed by atoms with Crippen molar-refractivity contribution < 1.29 is 4.79 Å². The van der Waals surface area contributed by atoms with Crippen LogP contribution in [0.2, 0.25) is 0 Å². The zero-order valence-corrected chi connectivity index (χ0v) is 14.5. The lowest BCUT2D eigenvalue weighted by atomic mass is 10.0. The molecular weight excluding hydrogens is 324 g/mol. The van der Waals surface area contributed by atoms with E-state index in [0.29, 0.717) is 23.0 Å². The zero-order chi connectivity index (χ0) is 15.4. The molecule has 0 fully saturated rings. The average molecular weight is 345 g/mol. The molecule has 1 unspecified atom stereocenters. The van der Waals surface area contributed by atoms with Crippen LogP contribution in [0.3, 0.4) is 0 Å². The molecule has 0 saturated heterocycles. The van der Waals surface area contributed by atoms with Gasteiger partial charge in [-0.25, -0.2) is 0 Å². The van der Waals surface area contributed by atoms with E-state index >= 15 is 0 Å². The van der Waals surface area contributed by atoms with Crippen LogP contribution in [0.1, 0.15) is 29.9 Å². The second kappa shape index (κ2) is 8.21. The summed E-state index contributed by atoms with van der Waals surface area (Å²) in [7, 11) is 1.79. The monoisotopic (exact) mass is 344 g/mol. The Balaban J connectivity index is 0.00000242. The molecule has 9 heteroatoms. The Labute approximate surface area is 139 Å². The third kappa shape index (κ3) is 4.25. The van der Waals surface area contributed by atoms with Gasteiger partial charge >= 0.3 is 0 Å². The van der Waals surface area contributed by atoms with Gasteiger partial charge in [-0.1, -0.05) is 13.8 Å². The quantitative estimate of drug-likeness (QED) is 0.859. The number of amides is 1. The molecule has 1 atom stereocenters. The number of hydrogen-bond donors (Lipinski definition) is 1. The molecule has 0 aliphatic rings. The smallest absolute Gasteiger partial charge is 0.265 e. The molecule has 0 radical (unpaired) electrons. The molecule has 0 spiro atoms. The van der Waals surface area contributed by atoms with Crippen molar-refractivity contribution in [3.05, 3.63) is 22.7 Å². The van der Waals surface area contributed by atoms with Crippen LogP contribution >= 0.6 is 23.7 Å². The standard InChI is InChI=1S/C13H20N6OS.ClH/c1-9(2)10(14)4-6-18(3)13(20)12-11(5-7-21-12)19-8-15-16-17-19;/h5,7-10H,4,6,14H2,1-3H3;1H. The lowest BCUT2D eigenvalue weighted by Gasteiger charge is -2.21. The highest BCUT2D eigenvalue weighted by atomic mass is 35.5. The molecule has 2 aromatic heterocycles. The summed E-state index contributed by atoms with van der Waals surface area (Å²) in [6.07, 6.45) is 2.26. The topological polar surface area (TPSA) is 89.9 Å². The Morgan fingerprint density at radius 2 is 2.23 bits per heavy atom. The van der Waals surface area contributed by atoms with Crippen LogP contribution in [0, 0.1) is 5.92 Å². The lowest BCUT2D eigenvalue weighted by Crippen LogP contribution is -2.34. The molecule has 0 aliphatic carbocycles. The SMILES string of the molecule is CC(C)C(N)CCN(C)C(=O)c1sccc1-n1cnnn1.Cl. The number of nitrogens with two attached hydrogens (primary N) is 1. The van der Waals surface area contributed by atoms with Gasteiger partial charge in [-0.15, -0.1) is 28.8 Å². The maximum atomic E-state index is 12.5. The molecule has 2 rings (SSSR count). The van der Waals surface area contributed by atoms with E-state index in [-0.39, 0.29) is 24.4 Å². The van der Waals surface area contributed by atoms with Crippen molar-refractivity contribution in [3.8, 4) is 5.69 Å². The summed E-state index contributed by atoms with van der Waals surface area (Å²) in [6, 6.07) is 1.93. The van der Waals surface area contributed by atoms with E-state index in [9.17, 15) is 4.79 Å². The molecule has 1 amide bonds. The number of nitrogens with zero attached hydrogens (tertiary/aromatic N) is 5. The first kappa shape index (κ1) is 18.5. The van der Waals surface area contributed by atoms with Crippen LogP contribution in [0.4, 0.5) is 0 Å². The Morgan fingerprint density at radius 1 is 1.50 bits per heavy atom. The number of carbonyl (C=O) groups excluding carboxylic acids is 1. The summed E-state index contributed by atoms with van der Waals surface area (Å²) in [5, 5.41) is 12.9. The highest BCUT2D eigenvalue weighted by molar-refractivity contribution is 7.12. The maximum Gasteiger partial charge on any atom is 0.265 e. The van der Waals surface area contributed by atoms with E-state index in [2.05, 4.69) is 29.4 Å². The van der Waals surface area contributed by atoms with Crippen molar-refractivity contribution in [3.63, 3.8) is 0 Å². The molecule has 0 saturated carbocycles. The van der Waals surface area contributed by atoms with Gasteiger partial charge in [-0.3, -0.25) is 4.79 Å². The van der Waals surface area contributed by atoms with Gasteiger partial charge in [0.2, 0.25) is 0 Å². The molecule has 22 heavy (non-hydrogen) atoms. The number of aromatic nitrogens is 4. The van der Waals surface area contributed by atoms with E-state index in [1.165, 1.54) is 22.3 Å². The second-order valence-electron chi connectivity index (χ2n) is 5.31. The molecule has 0 aromatic carbocycles. The molecular formula is C13H21ClN6OS. The summed E-state index contributed by atoms with van der Waals surface area (Å²) in [4.78, 5) is 14.8. The van der Waals surface area contributed by atoms with Gasteiger partial charge in [0, 0.05) is 19.6 Å². The van der Waals surface area contributed by atoms with Gasteiger partial charge in [0.05, 0.1) is 5.69 Å². The van der Waals surface area contributed by atoms with Crippen molar-refractivity contribution in [2.24, 2.45) is 11.7 Å². The first-order valence-corrected chi connectivity index (χ1v) is 7.70. The zero-order valence-electron chi connectivity index (χ0n) is 12.8. The van der Waals surface area contributed by atoms with Crippen LogP contribution < -0.4 is 5.73 Å². The average Bonchev–Trinajstić information content (AvgIpc) is 3.12. The van der Waals surface area contributed by atoms with Crippen molar-refractivity contribution in [1.29, 1.82) is 0 Å². The minimum Gasteiger partial charge on any atom is -0.341 e. The fourth-order valence-electron chi connectivity index (χ4n) is 1.87. The van der Waals surface area contributed by atoms with E-state index in [0.717, 1.165) is 6.42 Å². The van der Waals surface area contributed by atoms with Gasteiger partial charge in [0.25, 0.3) is 5.91 Å². The van der Waals surface area contributed by atoms with Gasteiger partial charge < -0.3 is 10.6 Å². The number of thiophene rings is 1. The summed E-state index contributed by atoms with van der Waals surface area (Å²) < 4.78 is 1.50. The normalized spacial score (nSPS) is 12.0. The number of hydrogen-bond acceptors (Lipinski definition) is 6. The Kier molecular flexibility index (Phi) is 6.92. The summed E-state index contributed by atoms with van der Waals surface area (Å²) in [6.45, 7) is 4.80. The van der Waals surface area contributed by atoms with Gasteiger partial charge in [0.15, 0.2) is 0 Å². The molecule has 0 aliphatic heterocycles. The predicted molar refractivity (Wildman–Crippen MR) is 88.7 cm³/mol. The van der Waals surface area contributed by atoms with Crippen LogP contribution in [0.15, 0.2) is 17.8 Å². The number of halogens is 1. The summed E-state index contributed by atoms with van der Waals surface area (Å²) in [5.41, 5.74) is 6.73. The van der Waals surface area contributed by atoms with Crippen molar-refractivity contribution >= 4 is 29.7 Å². The van der Waals surface area contributed by atoms with Crippen LogP contribution in [0.25, 0.3) is 5.69 Å². The highest BCUT2D eigenvalue weighted by Gasteiger charge is 2.20. The van der Waals surface area contributed by atoms with Crippen molar-refractivity contribution in [1.82, 2.24) is 25.1 Å².